The van der Waals surface area contributed by atoms with Gasteiger partial charge in [-0.1, -0.05) is 30.3 Å². The second kappa shape index (κ2) is 6.86. The highest BCUT2D eigenvalue weighted by Crippen LogP contribution is 2.02. The molecule has 0 saturated heterocycles. The molecule has 0 aliphatic carbocycles. The second-order valence-electron chi connectivity index (χ2n) is 4.29. The van der Waals surface area contributed by atoms with Crippen LogP contribution in [0.4, 0.5) is 0 Å². The lowest BCUT2D eigenvalue weighted by Crippen LogP contribution is -2.25. The molecule has 1 aromatic rings. The first kappa shape index (κ1) is 13.5. The van der Waals surface area contributed by atoms with Crippen molar-refractivity contribution in [1.29, 1.82) is 0 Å². The number of hydrogen-bond acceptors (Lipinski definition) is 3. The van der Waals surface area contributed by atoms with Gasteiger partial charge in [0.05, 0.1) is 0 Å². The molecule has 0 atom stereocenters. The predicted octanol–water partition coefficient (Wildman–Crippen LogP) is 1.92. The number of carbonyl (C=O) groups excluding carboxylic acids is 1. The van der Waals surface area contributed by atoms with Crippen molar-refractivity contribution in [2.75, 3.05) is 27.2 Å². The van der Waals surface area contributed by atoms with E-state index >= 15 is 0 Å². The van der Waals surface area contributed by atoms with Crippen LogP contribution in [0.1, 0.15) is 17.3 Å². The van der Waals surface area contributed by atoms with Gasteiger partial charge in [0.1, 0.15) is 0 Å². The molecule has 3 heteroatoms. The van der Waals surface area contributed by atoms with Crippen LogP contribution in [0.25, 0.3) is 0 Å². The third-order valence-electron chi connectivity index (χ3n) is 2.37. The van der Waals surface area contributed by atoms with Crippen LogP contribution in [0, 0.1) is 0 Å². The molecule has 0 radical (unpaired) electrons. The van der Waals surface area contributed by atoms with Crippen molar-refractivity contribution in [1.82, 2.24) is 10.2 Å². The van der Waals surface area contributed by atoms with Crippen LogP contribution in [-0.4, -0.2) is 37.9 Å². The number of ketones is 1. The lowest BCUT2D eigenvalue weighted by atomic mass is 10.1. The van der Waals surface area contributed by atoms with Crippen molar-refractivity contribution in [2.24, 2.45) is 0 Å². The molecule has 1 rings (SSSR count). The van der Waals surface area contributed by atoms with Gasteiger partial charge in [-0.2, -0.15) is 0 Å². The zero-order valence-electron chi connectivity index (χ0n) is 10.7. The standard InChI is InChI=1S/C14H20N2O/c1-12(15-9-10-16(2)3)11-14(17)13-7-5-4-6-8-13/h4-8,11,15H,9-10H2,1-3H3. The first-order valence-corrected chi connectivity index (χ1v) is 5.76. The Kier molecular flexibility index (Phi) is 5.43. The number of rotatable bonds is 6. The molecule has 0 aromatic heterocycles. The van der Waals surface area contributed by atoms with E-state index in [1.54, 1.807) is 6.08 Å². The molecule has 92 valence electrons. The smallest absolute Gasteiger partial charge is 0.187 e. The largest absolute Gasteiger partial charge is 0.387 e. The predicted molar refractivity (Wildman–Crippen MR) is 71.1 cm³/mol. The lowest BCUT2D eigenvalue weighted by molar-refractivity contribution is 0.104. The van der Waals surface area contributed by atoms with E-state index in [0.717, 1.165) is 24.4 Å². The van der Waals surface area contributed by atoms with E-state index in [1.165, 1.54) is 0 Å². The van der Waals surface area contributed by atoms with Crippen LogP contribution in [0.15, 0.2) is 42.1 Å². The van der Waals surface area contributed by atoms with Crippen LogP contribution < -0.4 is 5.32 Å². The Hall–Kier alpha value is -1.61. The minimum Gasteiger partial charge on any atom is -0.387 e. The number of nitrogens with zero attached hydrogens (tertiary/aromatic N) is 1. The summed E-state index contributed by atoms with van der Waals surface area (Å²) in [5, 5.41) is 3.21. The average molecular weight is 232 g/mol. The van der Waals surface area contributed by atoms with Crippen molar-refractivity contribution in [3.8, 4) is 0 Å². The van der Waals surface area contributed by atoms with E-state index in [1.807, 2.05) is 51.4 Å². The van der Waals surface area contributed by atoms with Gasteiger partial charge >= 0.3 is 0 Å². The van der Waals surface area contributed by atoms with Gasteiger partial charge in [0.25, 0.3) is 0 Å². The number of likely N-dealkylation sites (N-methyl/N-ethyl adjacent to an activating group) is 1. The van der Waals surface area contributed by atoms with Crippen molar-refractivity contribution in [3.05, 3.63) is 47.7 Å². The molecule has 0 aliphatic rings. The molecule has 3 nitrogen and oxygen atoms in total. The van der Waals surface area contributed by atoms with E-state index in [-0.39, 0.29) is 5.78 Å². The Bertz CT molecular complexity index is 382. The molecule has 1 N–H and O–H groups in total. The van der Waals surface area contributed by atoms with Gasteiger partial charge in [-0.25, -0.2) is 0 Å². The van der Waals surface area contributed by atoms with Crippen LogP contribution in [0.2, 0.25) is 0 Å². The molecule has 0 heterocycles. The van der Waals surface area contributed by atoms with E-state index in [9.17, 15) is 4.79 Å². The van der Waals surface area contributed by atoms with Crippen molar-refractivity contribution < 1.29 is 4.79 Å². The Morgan fingerprint density at radius 2 is 1.94 bits per heavy atom. The summed E-state index contributed by atoms with van der Waals surface area (Å²) in [4.78, 5) is 13.9. The van der Waals surface area contributed by atoms with Crippen LogP contribution in [0.5, 0.6) is 0 Å². The zero-order valence-corrected chi connectivity index (χ0v) is 10.7. The highest BCUT2D eigenvalue weighted by atomic mass is 16.1. The highest BCUT2D eigenvalue weighted by Gasteiger charge is 2.01. The quantitative estimate of drug-likeness (QED) is 0.601. The molecule has 17 heavy (non-hydrogen) atoms. The first-order valence-electron chi connectivity index (χ1n) is 5.76. The van der Waals surface area contributed by atoms with Crippen LogP contribution in [0.3, 0.4) is 0 Å². The summed E-state index contributed by atoms with van der Waals surface area (Å²) in [6.45, 7) is 3.71. The fourth-order valence-electron chi connectivity index (χ4n) is 1.41. The van der Waals surface area contributed by atoms with E-state index in [4.69, 9.17) is 0 Å². The summed E-state index contributed by atoms with van der Waals surface area (Å²) in [5.41, 5.74) is 1.63. The Morgan fingerprint density at radius 1 is 1.29 bits per heavy atom. The van der Waals surface area contributed by atoms with Crippen molar-refractivity contribution in [2.45, 2.75) is 6.92 Å². The fourth-order valence-corrected chi connectivity index (χ4v) is 1.41. The molecule has 0 saturated carbocycles. The topological polar surface area (TPSA) is 32.3 Å². The van der Waals surface area contributed by atoms with Crippen LogP contribution >= 0.6 is 0 Å². The van der Waals surface area contributed by atoms with Crippen molar-refractivity contribution in [3.63, 3.8) is 0 Å². The molecular weight excluding hydrogens is 212 g/mol. The summed E-state index contributed by atoms with van der Waals surface area (Å²) < 4.78 is 0. The Morgan fingerprint density at radius 3 is 2.53 bits per heavy atom. The van der Waals surface area contributed by atoms with Gasteiger partial charge in [0.2, 0.25) is 0 Å². The maximum absolute atomic E-state index is 11.8. The van der Waals surface area contributed by atoms with Gasteiger partial charge in [-0.3, -0.25) is 4.79 Å². The molecule has 0 bridgehead atoms. The number of nitrogens with one attached hydrogen (secondary N) is 1. The minimum absolute atomic E-state index is 0.0421. The minimum atomic E-state index is 0.0421. The van der Waals surface area contributed by atoms with Gasteiger partial charge in [0.15, 0.2) is 5.78 Å². The molecule has 1 aromatic carbocycles. The fraction of sp³-hybridized carbons (Fsp3) is 0.357. The second-order valence-corrected chi connectivity index (χ2v) is 4.29. The molecule has 0 aliphatic heterocycles. The molecule has 0 amide bonds. The third-order valence-corrected chi connectivity index (χ3v) is 2.37. The molecule has 0 fully saturated rings. The third kappa shape index (κ3) is 5.31. The van der Waals surface area contributed by atoms with Crippen LogP contribution in [-0.2, 0) is 0 Å². The average Bonchev–Trinajstić information content (AvgIpc) is 2.29. The zero-order chi connectivity index (χ0) is 12.7. The summed E-state index contributed by atoms with van der Waals surface area (Å²) >= 11 is 0. The lowest BCUT2D eigenvalue weighted by Gasteiger charge is -2.11. The first-order chi connectivity index (χ1) is 8.09. The normalized spacial score (nSPS) is 11.6. The van der Waals surface area contributed by atoms with Gasteiger partial charge in [-0.05, 0) is 21.0 Å². The van der Waals surface area contributed by atoms with E-state index in [0.29, 0.717) is 0 Å². The van der Waals surface area contributed by atoms with E-state index < -0.39 is 0 Å². The summed E-state index contributed by atoms with van der Waals surface area (Å²) in [6.07, 6.45) is 1.64. The Labute approximate surface area is 103 Å². The molecular formula is C14H20N2O. The summed E-state index contributed by atoms with van der Waals surface area (Å²) in [6, 6.07) is 9.30. The van der Waals surface area contributed by atoms with Gasteiger partial charge < -0.3 is 10.2 Å². The maximum atomic E-state index is 11.8. The maximum Gasteiger partial charge on any atom is 0.187 e. The summed E-state index contributed by atoms with van der Waals surface area (Å²) in [7, 11) is 4.05. The van der Waals surface area contributed by atoms with E-state index in [2.05, 4.69) is 10.2 Å². The number of hydrogen-bond donors (Lipinski definition) is 1. The number of allylic oxidation sites excluding steroid dienone is 2. The molecule has 0 unspecified atom stereocenters. The SMILES string of the molecule is CC(=CC(=O)c1ccccc1)NCCN(C)C. The van der Waals surface area contributed by atoms with Crippen molar-refractivity contribution >= 4 is 5.78 Å². The Balaban J connectivity index is 2.48. The number of carbonyl (C=O) groups is 1. The van der Waals surface area contributed by atoms with Gasteiger partial charge in [-0.15, -0.1) is 0 Å². The highest BCUT2D eigenvalue weighted by molar-refractivity contribution is 6.04. The molecule has 0 spiro atoms. The summed E-state index contributed by atoms with van der Waals surface area (Å²) in [5.74, 6) is 0.0421. The van der Waals surface area contributed by atoms with Gasteiger partial charge in [0, 0.05) is 30.4 Å². The monoisotopic (exact) mass is 232 g/mol. The number of benzene rings is 1.